The van der Waals surface area contributed by atoms with Gasteiger partial charge >= 0.3 is 0 Å². The van der Waals surface area contributed by atoms with Gasteiger partial charge in [0.05, 0.1) is 18.6 Å². The van der Waals surface area contributed by atoms with Crippen LogP contribution in [0.1, 0.15) is 37.8 Å². The zero-order chi connectivity index (χ0) is 21.3. The summed E-state index contributed by atoms with van der Waals surface area (Å²) in [6, 6.07) is 15.1. The van der Waals surface area contributed by atoms with Crippen molar-refractivity contribution in [3.63, 3.8) is 0 Å². The fraction of sp³-hybridized carbons (Fsp3) is 0.409. The maximum Gasteiger partial charge on any atom is 0.232 e. The average molecular weight is 419 g/mol. The number of sulfonamides is 1. The summed E-state index contributed by atoms with van der Waals surface area (Å²) in [5.41, 5.74) is 2.73. The standard InChI is InChI=1S/C22H30N2O4S/c1-4-18-11-13-20(14-12-18)24(29(3,26)27)15-7-10-22(25)23-17-19-8-6-9-21(16-19)28-5-2/h6,8-9,11-14,16H,4-5,7,10,15,17H2,1-3H3,(H,23,25). The van der Waals surface area contributed by atoms with Gasteiger partial charge in [0.2, 0.25) is 15.9 Å². The third kappa shape index (κ3) is 7.42. The van der Waals surface area contributed by atoms with Crippen LogP contribution in [-0.2, 0) is 27.8 Å². The molecule has 1 amide bonds. The lowest BCUT2D eigenvalue weighted by molar-refractivity contribution is -0.121. The molecule has 0 atom stereocenters. The maximum absolute atomic E-state index is 12.2. The molecule has 7 heteroatoms. The molecule has 0 saturated carbocycles. The van der Waals surface area contributed by atoms with Crippen LogP contribution in [0, 0.1) is 0 Å². The molecule has 0 heterocycles. The van der Waals surface area contributed by atoms with E-state index in [1.807, 2.05) is 55.5 Å². The Bertz CT molecular complexity index is 895. The van der Waals surface area contributed by atoms with Crippen LogP contribution in [0.2, 0.25) is 0 Å². The van der Waals surface area contributed by atoms with E-state index < -0.39 is 10.0 Å². The van der Waals surface area contributed by atoms with Gasteiger partial charge in [-0.05, 0) is 55.2 Å². The number of hydrogen-bond acceptors (Lipinski definition) is 4. The number of nitrogens with zero attached hydrogens (tertiary/aromatic N) is 1. The first-order valence-electron chi connectivity index (χ1n) is 9.88. The average Bonchev–Trinajstić information content (AvgIpc) is 2.69. The van der Waals surface area contributed by atoms with Gasteiger partial charge in [0.25, 0.3) is 0 Å². The SMILES string of the molecule is CCOc1cccc(CNC(=O)CCCN(c2ccc(CC)cc2)S(C)(=O)=O)c1. The van der Waals surface area contributed by atoms with Crippen LogP contribution in [0.15, 0.2) is 48.5 Å². The number of rotatable bonds is 11. The van der Waals surface area contributed by atoms with Crippen molar-refractivity contribution in [3.05, 3.63) is 59.7 Å². The fourth-order valence-corrected chi connectivity index (χ4v) is 3.93. The molecule has 0 aliphatic carbocycles. The molecule has 0 radical (unpaired) electrons. The molecular weight excluding hydrogens is 388 g/mol. The number of carbonyl (C=O) groups excluding carboxylic acids is 1. The van der Waals surface area contributed by atoms with Crippen LogP contribution in [-0.4, -0.2) is 33.7 Å². The lowest BCUT2D eigenvalue weighted by atomic mass is 10.1. The predicted octanol–water partition coefficient (Wildman–Crippen LogP) is 3.51. The molecule has 0 aromatic heterocycles. The molecule has 0 fully saturated rings. The minimum absolute atomic E-state index is 0.110. The van der Waals surface area contributed by atoms with Crippen molar-refractivity contribution in [1.82, 2.24) is 5.32 Å². The Labute approximate surface area is 173 Å². The van der Waals surface area contributed by atoms with Gasteiger partial charge in [-0.2, -0.15) is 0 Å². The Morgan fingerprint density at radius 2 is 1.79 bits per heavy atom. The molecule has 0 unspecified atom stereocenters. The third-order valence-electron chi connectivity index (χ3n) is 4.50. The highest BCUT2D eigenvalue weighted by atomic mass is 32.2. The first kappa shape index (κ1) is 22.7. The van der Waals surface area contributed by atoms with Gasteiger partial charge < -0.3 is 10.1 Å². The van der Waals surface area contributed by atoms with E-state index in [1.165, 1.54) is 10.6 Å². The lowest BCUT2D eigenvalue weighted by Gasteiger charge is -2.22. The summed E-state index contributed by atoms with van der Waals surface area (Å²) in [5.74, 6) is 0.665. The summed E-state index contributed by atoms with van der Waals surface area (Å²) in [4.78, 5) is 12.2. The highest BCUT2D eigenvalue weighted by Crippen LogP contribution is 2.19. The quantitative estimate of drug-likeness (QED) is 0.606. The Balaban J connectivity index is 1.87. The van der Waals surface area contributed by atoms with E-state index >= 15 is 0 Å². The van der Waals surface area contributed by atoms with Crippen LogP contribution in [0.5, 0.6) is 5.75 Å². The Morgan fingerprint density at radius 1 is 1.07 bits per heavy atom. The van der Waals surface area contributed by atoms with E-state index in [0.29, 0.717) is 25.3 Å². The first-order valence-corrected chi connectivity index (χ1v) is 11.7. The van der Waals surface area contributed by atoms with Crippen molar-refractivity contribution in [1.29, 1.82) is 0 Å². The second-order valence-corrected chi connectivity index (χ2v) is 8.72. The van der Waals surface area contributed by atoms with Gasteiger partial charge in [-0.15, -0.1) is 0 Å². The summed E-state index contributed by atoms with van der Waals surface area (Å²) >= 11 is 0. The number of hydrogen-bond donors (Lipinski definition) is 1. The minimum atomic E-state index is -3.41. The fourth-order valence-electron chi connectivity index (χ4n) is 2.97. The number of amides is 1. The summed E-state index contributed by atoms with van der Waals surface area (Å²) in [7, 11) is -3.41. The number of anilines is 1. The zero-order valence-corrected chi connectivity index (χ0v) is 18.2. The van der Waals surface area contributed by atoms with Crippen molar-refractivity contribution in [2.75, 3.05) is 23.7 Å². The molecule has 1 N–H and O–H groups in total. The van der Waals surface area contributed by atoms with Crippen molar-refractivity contribution in [2.45, 2.75) is 39.7 Å². The zero-order valence-electron chi connectivity index (χ0n) is 17.3. The first-order chi connectivity index (χ1) is 13.8. The molecule has 0 saturated heterocycles. The van der Waals surface area contributed by atoms with Crippen LogP contribution in [0.3, 0.4) is 0 Å². The molecular formula is C22H30N2O4S. The highest BCUT2D eigenvalue weighted by Gasteiger charge is 2.17. The van der Waals surface area contributed by atoms with Crippen molar-refractivity contribution >= 4 is 21.6 Å². The van der Waals surface area contributed by atoms with Gasteiger partial charge in [0.1, 0.15) is 5.75 Å². The second kappa shape index (κ2) is 10.9. The van der Waals surface area contributed by atoms with Gasteiger partial charge in [0, 0.05) is 19.5 Å². The minimum Gasteiger partial charge on any atom is -0.494 e. The van der Waals surface area contributed by atoms with Gasteiger partial charge in [-0.1, -0.05) is 31.2 Å². The number of carbonyl (C=O) groups is 1. The molecule has 0 aliphatic rings. The molecule has 0 aliphatic heterocycles. The molecule has 158 valence electrons. The Kier molecular flexibility index (Phi) is 8.51. The number of ether oxygens (including phenoxy) is 1. The molecule has 2 rings (SSSR count). The van der Waals surface area contributed by atoms with Crippen molar-refractivity contribution in [3.8, 4) is 5.75 Å². The number of nitrogens with one attached hydrogen (secondary N) is 1. The van der Waals surface area contributed by atoms with E-state index in [-0.39, 0.29) is 18.9 Å². The second-order valence-electron chi connectivity index (χ2n) is 6.82. The highest BCUT2D eigenvalue weighted by molar-refractivity contribution is 7.92. The number of benzene rings is 2. The molecule has 6 nitrogen and oxygen atoms in total. The predicted molar refractivity (Wildman–Crippen MR) is 117 cm³/mol. The largest absolute Gasteiger partial charge is 0.494 e. The van der Waals surface area contributed by atoms with Gasteiger partial charge in [-0.3, -0.25) is 9.10 Å². The number of aryl methyl sites for hydroxylation is 1. The topological polar surface area (TPSA) is 75.7 Å². The van der Waals surface area contributed by atoms with E-state index in [0.717, 1.165) is 23.3 Å². The van der Waals surface area contributed by atoms with Crippen molar-refractivity contribution in [2.24, 2.45) is 0 Å². The molecule has 29 heavy (non-hydrogen) atoms. The molecule has 0 spiro atoms. The lowest BCUT2D eigenvalue weighted by Crippen LogP contribution is -2.32. The molecule has 2 aromatic carbocycles. The Morgan fingerprint density at radius 3 is 2.41 bits per heavy atom. The van der Waals surface area contributed by atoms with Crippen LogP contribution in [0.25, 0.3) is 0 Å². The van der Waals surface area contributed by atoms with E-state index in [4.69, 9.17) is 4.74 Å². The summed E-state index contributed by atoms with van der Waals surface area (Å²) in [6.07, 6.45) is 2.77. The smallest absolute Gasteiger partial charge is 0.232 e. The summed E-state index contributed by atoms with van der Waals surface area (Å²) in [5, 5.41) is 2.87. The van der Waals surface area contributed by atoms with Gasteiger partial charge in [0.15, 0.2) is 0 Å². The molecule has 0 bridgehead atoms. The third-order valence-corrected chi connectivity index (χ3v) is 5.69. The van der Waals surface area contributed by atoms with E-state index in [1.54, 1.807) is 0 Å². The van der Waals surface area contributed by atoms with Crippen LogP contribution >= 0.6 is 0 Å². The normalized spacial score (nSPS) is 11.1. The summed E-state index contributed by atoms with van der Waals surface area (Å²) < 4.78 is 31.2. The van der Waals surface area contributed by atoms with Gasteiger partial charge in [-0.25, -0.2) is 8.42 Å². The monoisotopic (exact) mass is 418 g/mol. The van der Waals surface area contributed by atoms with Crippen LogP contribution < -0.4 is 14.4 Å². The Hall–Kier alpha value is -2.54. The van der Waals surface area contributed by atoms with E-state index in [2.05, 4.69) is 12.2 Å². The summed E-state index contributed by atoms with van der Waals surface area (Å²) in [6.45, 7) is 5.24. The van der Waals surface area contributed by atoms with E-state index in [9.17, 15) is 13.2 Å². The molecule has 2 aromatic rings. The van der Waals surface area contributed by atoms with Crippen LogP contribution in [0.4, 0.5) is 5.69 Å². The van der Waals surface area contributed by atoms with Crippen molar-refractivity contribution < 1.29 is 17.9 Å². The maximum atomic E-state index is 12.2.